The predicted octanol–water partition coefficient (Wildman–Crippen LogP) is 3.29. The average Bonchev–Trinajstić information content (AvgIpc) is 2.73. The van der Waals surface area contributed by atoms with E-state index in [4.69, 9.17) is 4.42 Å². The van der Waals surface area contributed by atoms with Gasteiger partial charge >= 0.3 is 0 Å². The number of furan rings is 1. The Bertz CT molecular complexity index is 441. The molecule has 0 aliphatic carbocycles. The molecule has 0 fully saturated rings. The number of hydrogen-bond acceptors (Lipinski definition) is 3. The van der Waals surface area contributed by atoms with Crippen molar-refractivity contribution in [3.05, 3.63) is 52.7 Å². The first-order valence-corrected chi connectivity index (χ1v) is 5.92. The normalized spacial score (nSPS) is 12.6. The van der Waals surface area contributed by atoms with Crippen LogP contribution in [0.1, 0.15) is 24.3 Å². The maximum absolute atomic E-state index is 5.33. The van der Waals surface area contributed by atoms with Crippen molar-refractivity contribution in [2.75, 3.05) is 0 Å². The van der Waals surface area contributed by atoms with Gasteiger partial charge in [-0.05, 0) is 46.6 Å². The summed E-state index contributed by atoms with van der Waals surface area (Å²) in [6.07, 6.45) is 5.28. The van der Waals surface area contributed by atoms with Crippen molar-refractivity contribution in [2.24, 2.45) is 0 Å². The van der Waals surface area contributed by atoms with Crippen LogP contribution in [0, 0.1) is 0 Å². The summed E-state index contributed by atoms with van der Waals surface area (Å²) in [6.45, 7) is 2.82. The standard InChI is InChI=1S/C12H13BrN2O/c1-9(10-2-5-14-6-3-10)15-8-12-11(13)4-7-16-12/h2-7,9,15H,8H2,1H3/t9-/m1/s1. The summed E-state index contributed by atoms with van der Waals surface area (Å²) in [6, 6.07) is 6.19. The number of nitrogens with zero attached hydrogens (tertiary/aromatic N) is 1. The molecule has 0 aliphatic heterocycles. The molecular weight excluding hydrogens is 268 g/mol. The molecule has 2 aromatic rings. The largest absolute Gasteiger partial charge is 0.467 e. The van der Waals surface area contributed by atoms with E-state index in [1.165, 1.54) is 5.56 Å². The van der Waals surface area contributed by atoms with Crippen LogP contribution in [0.2, 0.25) is 0 Å². The van der Waals surface area contributed by atoms with Gasteiger partial charge in [0.25, 0.3) is 0 Å². The van der Waals surface area contributed by atoms with E-state index in [9.17, 15) is 0 Å². The summed E-state index contributed by atoms with van der Waals surface area (Å²) in [5, 5.41) is 3.39. The van der Waals surface area contributed by atoms with Gasteiger partial charge in [0.2, 0.25) is 0 Å². The lowest BCUT2D eigenvalue weighted by atomic mass is 10.1. The zero-order valence-corrected chi connectivity index (χ0v) is 10.6. The molecule has 0 bridgehead atoms. The molecule has 1 atom stereocenters. The second-order valence-electron chi connectivity index (χ2n) is 3.57. The molecule has 4 heteroatoms. The molecule has 1 N–H and O–H groups in total. The highest BCUT2D eigenvalue weighted by atomic mass is 79.9. The van der Waals surface area contributed by atoms with Crippen LogP contribution in [0.15, 0.2) is 45.7 Å². The van der Waals surface area contributed by atoms with Gasteiger partial charge < -0.3 is 9.73 Å². The SMILES string of the molecule is C[C@@H](NCc1occc1Br)c1ccncc1. The molecule has 0 unspecified atom stereocenters. The van der Waals surface area contributed by atoms with Crippen LogP contribution in [0.4, 0.5) is 0 Å². The van der Waals surface area contributed by atoms with Gasteiger partial charge in [-0.2, -0.15) is 0 Å². The van der Waals surface area contributed by atoms with E-state index in [0.717, 1.165) is 10.2 Å². The quantitative estimate of drug-likeness (QED) is 0.934. The van der Waals surface area contributed by atoms with Crippen LogP contribution in [-0.2, 0) is 6.54 Å². The van der Waals surface area contributed by atoms with E-state index in [2.05, 4.69) is 33.2 Å². The third-order valence-corrected chi connectivity index (χ3v) is 3.17. The first kappa shape index (κ1) is 11.4. The zero-order valence-electron chi connectivity index (χ0n) is 8.98. The summed E-state index contributed by atoms with van der Waals surface area (Å²) < 4.78 is 6.33. The number of pyridine rings is 1. The number of aromatic nitrogens is 1. The van der Waals surface area contributed by atoms with Crippen molar-refractivity contribution in [3.63, 3.8) is 0 Å². The van der Waals surface area contributed by atoms with Crippen molar-refractivity contribution >= 4 is 15.9 Å². The second kappa shape index (κ2) is 5.27. The lowest BCUT2D eigenvalue weighted by Crippen LogP contribution is -2.17. The molecule has 0 saturated heterocycles. The van der Waals surface area contributed by atoms with E-state index >= 15 is 0 Å². The molecule has 0 amide bonds. The highest BCUT2D eigenvalue weighted by molar-refractivity contribution is 9.10. The number of rotatable bonds is 4. The highest BCUT2D eigenvalue weighted by Gasteiger charge is 2.07. The summed E-state index contributed by atoms with van der Waals surface area (Å²) in [5.41, 5.74) is 1.22. The van der Waals surface area contributed by atoms with Crippen molar-refractivity contribution < 1.29 is 4.42 Å². The predicted molar refractivity (Wildman–Crippen MR) is 65.9 cm³/mol. The van der Waals surface area contributed by atoms with Crippen LogP contribution in [-0.4, -0.2) is 4.98 Å². The van der Waals surface area contributed by atoms with Crippen LogP contribution in [0.5, 0.6) is 0 Å². The van der Waals surface area contributed by atoms with Crippen LogP contribution >= 0.6 is 15.9 Å². The van der Waals surface area contributed by atoms with E-state index in [1.807, 2.05) is 18.2 Å². The number of nitrogens with one attached hydrogen (secondary N) is 1. The van der Waals surface area contributed by atoms with E-state index in [-0.39, 0.29) is 6.04 Å². The number of halogens is 1. The first-order valence-electron chi connectivity index (χ1n) is 5.12. The van der Waals surface area contributed by atoms with Crippen molar-refractivity contribution in [2.45, 2.75) is 19.5 Å². The lowest BCUT2D eigenvalue weighted by molar-refractivity contribution is 0.458. The Morgan fingerprint density at radius 3 is 2.75 bits per heavy atom. The van der Waals surface area contributed by atoms with Gasteiger partial charge in [0.15, 0.2) is 0 Å². The van der Waals surface area contributed by atoms with Gasteiger partial charge in [0.1, 0.15) is 5.76 Å². The third kappa shape index (κ3) is 2.71. The van der Waals surface area contributed by atoms with Crippen molar-refractivity contribution in [1.82, 2.24) is 10.3 Å². The molecule has 2 rings (SSSR count). The van der Waals surface area contributed by atoms with Gasteiger partial charge in [0, 0.05) is 18.4 Å². The minimum Gasteiger partial charge on any atom is -0.467 e. The van der Waals surface area contributed by atoms with Gasteiger partial charge in [-0.25, -0.2) is 0 Å². The summed E-state index contributed by atoms with van der Waals surface area (Å²) >= 11 is 3.43. The van der Waals surface area contributed by atoms with Gasteiger partial charge in [0.05, 0.1) is 17.3 Å². The molecule has 0 aliphatic rings. The molecular formula is C12H13BrN2O. The topological polar surface area (TPSA) is 38.1 Å². The Balaban J connectivity index is 1.94. The Morgan fingerprint density at radius 2 is 2.12 bits per heavy atom. The monoisotopic (exact) mass is 280 g/mol. The molecule has 0 saturated carbocycles. The fraction of sp³-hybridized carbons (Fsp3) is 0.250. The minimum absolute atomic E-state index is 0.278. The molecule has 0 radical (unpaired) electrons. The minimum atomic E-state index is 0.278. The molecule has 2 heterocycles. The van der Waals surface area contributed by atoms with Gasteiger partial charge in [-0.1, -0.05) is 0 Å². The van der Waals surface area contributed by atoms with Crippen molar-refractivity contribution in [3.8, 4) is 0 Å². The molecule has 16 heavy (non-hydrogen) atoms. The Hall–Kier alpha value is -1.13. The van der Waals surface area contributed by atoms with Crippen molar-refractivity contribution in [1.29, 1.82) is 0 Å². The molecule has 84 valence electrons. The maximum Gasteiger partial charge on any atom is 0.131 e. The summed E-state index contributed by atoms with van der Waals surface area (Å²) in [7, 11) is 0. The maximum atomic E-state index is 5.33. The molecule has 0 aromatic carbocycles. The Labute approximate surface area is 103 Å². The van der Waals surface area contributed by atoms with Gasteiger partial charge in [-0.3, -0.25) is 4.98 Å². The highest BCUT2D eigenvalue weighted by Crippen LogP contribution is 2.18. The fourth-order valence-corrected chi connectivity index (χ4v) is 1.81. The second-order valence-corrected chi connectivity index (χ2v) is 4.43. The Kier molecular flexibility index (Phi) is 3.74. The number of hydrogen-bond donors (Lipinski definition) is 1. The molecule has 3 nitrogen and oxygen atoms in total. The molecule has 0 spiro atoms. The Morgan fingerprint density at radius 1 is 1.38 bits per heavy atom. The molecule has 2 aromatic heterocycles. The van der Waals surface area contributed by atoms with Crippen LogP contribution in [0.25, 0.3) is 0 Å². The van der Waals surface area contributed by atoms with Crippen LogP contribution < -0.4 is 5.32 Å². The van der Waals surface area contributed by atoms with E-state index in [0.29, 0.717) is 6.54 Å². The third-order valence-electron chi connectivity index (χ3n) is 2.47. The lowest BCUT2D eigenvalue weighted by Gasteiger charge is -2.12. The fourth-order valence-electron chi connectivity index (χ4n) is 1.47. The first-order chi connectivity index (χ1) is 7.77. The summed E-state index contributed by atoms with van der Waals surface area (Å²) in [4.78, 5) is 4.00. The zero-order chi connectivity index (χ0) is 11.4. The van der Waals surface area contributed by atoms with E-state index < -0.39 is 0 Å². The van der Waals surface area contributed by atoms with Gasteiger partial charge in [-0.15, -0.1) is 0 Å². The summed E-state index contributed by atoms with van der Waals surface area (Å²) in [5.74, 6) is 0.918. The smallest absolute Gasteiger partial charge is 0.131 e. The van der Waals surface area contributed by atoms with E-state index in [1.54, 1.807) is 18.7 Å². The van der Waals surface area contributed by atoms with Crippen LogP contribution in [0.3, 0.4) is 0 Å². The average molecular weight is 281 g/mol.